The van der Waals surface area contributed by atoms with Crippen molar-refractivity contribution in [1.29, 1.82) is 0 Å². The Morgan fingerprint density at radius 2 is 1.71 bits per heavy atom. The van der Waals surface area contributed by atoms with Gasteiger partial charge in [0.05, 0.1) is 16.5 Å². The lowest BCUT2D eigenvalue weighted by atomic mass is 10.0. The van der Waals surface area contributed by atoms with Gasteiger partial charge in [-0.25, -0.2) is 4.98 Å². The first kappa shape index (κ1) is 22.6. The Hall–Kier alpha value is -2.84. The Bertz CT molecular complexity index is 1470. The molecule has 9 heteroatoms. The van der Waals surface area contributed by atoms with Crippen LogP contribution in [0.25, 0.3) is 11.3 Å². The van der Waals surface area contributed by atoms with Crippen LogP contribution >= 0.6 is 46.3 Å². The standard InChI is InChI=1S/C26H17Cl2N3O2S2/c27-17-5-1-15(2-6-17)11-23-29-22(13-34-23)16-3-8-19(9-4-16)31-24(32)14-35-26(31)20-12-18(28)7-10-21(20)30-25(26)33/h1-10,12-13H,11,14H2,(H,30,33). The molecule has 1 N–H and O–H groups in total. The lowest BCUT2D eigenvalue weighted by molar-refractivity contribution is -0.122. The van der Waals surface area contributed by atoms with Gasteiger partial charge in [0.2, 0.25) is 10.8 Å². The fourth-order valence-electron chi connectivity index (χ4n) is 4.48. The monoisotopic (exact) mass is 537 g/mol. The number of rotatable bonds is 4. The molecule has 1 fully saturated rings. The molecule has 5 nitrogen and oxygen atoms in total. The van der Waals surface area contributed by atoms with E-state index in [0.717, 1.165) is 28.2 Å². The third-order valence-electron chi connectivity index (χ3n) is 6.11. The van der Waals surface area contributed by atoms with Gasteiger partial charge in [-0.3, -0.25) is 14.5 Å². The van der Waals surface area contributed by atoms with E-state index < -0.39 is 4.87 Å². The highest BCUT2D eigenvalue weighted by atomic mass is 35.5. The molecule has 2 aliphatic heterocycles. The van der Waals surface area contributed by atoms with Crippen LogP contribution < -0.4 is 10.2 Å². The second kappa shape index (κ2) is 8.68. The third kappa shape index (κ3) is 3.83. The van der Waals surface area contributed by atoms with E-state index in [4.69, 9.17) is 28.2 Å². The van der Waals surface area contributed by atoms with Crippen molar-refractivity contribution in [3.63, 3.8) is 0 Å². The second-order valence-electron chi connectivity index (χ2n) is 8.28. The van der Waals surface area contributed by atoms with Gasteiger partial charge in [0.25, 0.3) is 5.91 Å². The molecule has 3 heterocycles. The number of fused-ring (bicyclic) bond motifs is 2. The molecular formula is C26H17Cl2N3O2S2. The van der Waals surface area contributed by atoms with E-state index in [9.17, 15) is 9.59 Å². The lowest BCUT2D eigenvalue weighted by Gasteiger charge is -2.32. The number of nitrogens with one attached hydrogen (secondary N) is 1. The number of benzene rings is 3. The molecule has 0 saturated carbocycles. The van der Waals surface area contributed by atoms with Crippen molar-refractivity contribution in [3.05, 3.63) is 98.3 Å². The Kier molecular flexibility index (Phi) is 5.60. The van der Waals surface area contributed by atoms with Crippen molar-refractivity contribution in [2.45, 2.75) is 11.3 Å². The van der Waals surface area contributed by atoms with Crippen molar-refractivity contribution in [2.75, 3.05) is 16.0 Å². The number of thiazole rings is 1. The Balaban J connectivity index is 1.29. The average Bonchev–Trinajstić information content (AvgIpc) is 3.53. The Morgan fingerprint density at radius 3 is 2.49 bits per heavy atom. The number of hydrogen-bond donors (Lipinski definition) is 1. The van der Waals surface area contributed by atoms with Gasteiger partial charge in [0.1, 0.15) is 0 Å². The lowest BCUT2D eigenvalue weighted by Crippen LogP contribution is -2.47. The Labute approximate surface area is 220 Å². The maximum absolute atomic E-state index is 13.2. The van der Waals surface area contributed by atoms with Crippen LogP contribution in [0, 0.1) is 0 Å². The summed E-state index contributed by atoms with van der Waals surface area (Å²) in [5, 5.41) is 7.18. The Morgan fingerprint density at radius 1 is 0.971 bits per heavy atom. The molecule has 0 radical (unpaired) electrons. The van der Waals surface area contributed by atoms with Gasteiger partial charge in [0.15, 0.2) is 0 Å². The topological polar surface area (TPSA) is 62.3 Å². The number of thioether (sulfide) groups is 1. The molecule has 1 spiro atoms. The molecule has 1 saturated heterocycles. The first-order valence-corrected chi connectivity index (χ1v) is 13.4. The zero-order valence-electron chi connectivity index (χ0n) is 18.1. The van der Waals surface area contributed by atoms with Crippen LogP contribution in [0.15, 0.2) is 72.1 Å². The minimum absolute atomic E-state index is 0.121. The summed E-state index contributed by atoms with van der Waals surface area (Å²) in [5.74, 6) is -0.146. The summed E-state index contributed by atoms with van der Waals surface area (Å²) >= 11 is 15.1. The van der Waals surface area contributed by atoms with E-state index in [1.54, 1.807) is 34.4 Å². The van der Waals surface area contributed by atoms with Gasteiger partial charge < -0.3 is 5.32 Å². The largest absolute Gasteiger partial charge is 0.323 e. The minimum Gasteiger partial charge on any atom is -0.323 e. The molecule has 1 atom stereocenters. The number of halogens is 2. The van der Waals surface area contributed by atoms with Gasteiger partial charge in [-0.1, -0.05) is 47.5 Å². The molecule has 1 unspecified atom stereocenters. The summed E-state index contributed by atoms with van der Waals surface area (Å²) in [6.07, 6.45) is 0.735. The van der Waals surface area contributed by atoms with E-state index in [1.165, 1.54) is 11.8 Å². The van der Waals surface area contributed by atoms with Crippen LogP contribution in [0.5, 0.6) is 0 Å². The molecule has 2 amide bonds. The van der Waals surface area contributed by atoms with Crippen molar-refractivity contribution < 1.29 is 9.59 Å². The third-order valence-corrected chi connectivity index (χ3v) is 8.85. The van der Waals surface area contributed by atoms with E-state index in [2.05, 4.69) is 5.32 Å². The highest BCUT2D eigenvalue weighted by Gasteiger charge is 2.58. The summed E-state index contributed by atoms with van der Waals surface area (Å²) < 4.78 is 0. The highest BCUT2D eigenvalue weighted by Crippen LogP contribution is 2.54. The first-order chi connectivity index (χ1) is 16.9. The molecule has 4 aromatic rings. The van der Waals surface area contributed by atoms with Crippen LogP contribution in [0.3, 0.4) is 0 Å². The molecule has 0 aliphatic carbocycles. The van der Waals surface area contributed by atoms with E-state index in [0.29, 0.717) is 27.0 Å². The minimum atomic E-state index is -1.16. The average molecular weight is 538 g/mol. The predicted octanol–water partition coefficient (Wildman–Crippen LogP) is 6.59. The number of amides is 2. The van der Waals surface area contributed by atoms with Crippen molar-refractivity contribution in [1.82, 2.24) is 4.98 Å². The molecule has 35 heavy (non-hydrogen) atoms. The number of nitrogens with zero attached hydrogens (tertiary/aromatic N) is 2. The quantitative estimate of drug-likeness (QED) is 0.318. The molecule has 1 aromatic heterocycles. The summed E-state index contributed by atoms with van der Waals surface area (Å²) in [5.41, 5.74) is 5.01. The van der Waals surface area contributed by atoms with Crippen LogP contribution in [0.1, 0.15) is 16.1 Å². The fourth-order valence-corrected chi connectivity index (χ4v) is 6.92. The highest BCUT2D eigenvalue weighted by molar-refractivity contribution is 8.02. The summed E-state index contributed by atoms with van der Waals surface area (Å²) in [6, 6.07) is 20.7. The van der Waals surface area contributed by atoms with Gasteiger partial charge in [0, 0.05) is 44.3 Å². The smallest absolute Gasteiger partial charge is 0.266 e. The SMILES string of the molecule is O=C1CSC2(C(=O)Nc3ccc(Cl)cc32)N1c1ccc(-c2csc(Cc3ccc(Cl)cc3)n2)cc1. The van der Waals surface area contributed by atoms with Gasteiger partial charge in [-0.05, 0) is 48.0 Å². The molecule has 3 aromatic carbocycles. The van der Waals surface area contributed by atoms with E-state index in [-0.39, 0.29) is 17.6 Å². The fraction of sp³-hybridized carbons (Fsp3) is 0.115. The van der Waals surface area contributed by atoms with Crippen molar-refractivity contribution >= 4 is 69.5 Å². The van der Waals surface area contributed by atoms with Crippen LogP contribution in [-0.4, -0.2) is 22.6 Å². The van der Waals surface area contributed by atoms with Crippen molar-refractivity contribution in [2.24, 2.45) is 0 Å². The van der Waals surface area contributed by atoms with Gasteiger partial charge >= 0.3 is 0 Å². The number of anilines is 2. The van der Waals surface area contributed by atoms with Gasteiger partial charge in [-0.15, -0.1) is 23.1 Å². The number of aromatic nitrogens is 1. The zero-order valence-corrected chi connectivity index (χ0v) is 21.3. The number of carbonyl (C=O) groups is 2. The molecule has 174 valence electrons. The predicted molar refractivity (Wildman–Crippen MR) is 144 cm³/mol. The van der Waals surface area contributed by atoms with Crippen molar-refractivity contribution in [3.8, 4) is 11.3 Å². The normalized spacial score (nSPS) is 18.9. The number of carbonyl (C=O) groups excluding carboxylic acids is 2. The van der Waals surface area contributed by atoms with E-state index >= 15 is 0 Å². The number of hydrogen-bond acceptors (Lipinski definition) is 5. The van der Waals surface area contributed by atoms with Gasteiger partial charge in [-0.2, -0.15) is 0 Å². The molecule has 0 bridgehead atoms. The molecule has 2 aliphatic rings. The molecular weight excluding hydrogens is 521 g/mol. The summed E-state index contributed by atoms with van der Waals surface area (Å²) in [4.78, 5) is 31.4. The summed E-state index contributed by atoms with van der Waals surface area (Å²) in [6.45, 7) is 0. The van der Waals surface area contributed by atoms with Crippen LogP contribution in [0.2, 0.25) is 10.0 Å². The maximum atomic E-state index is 13.2. The molecule has 6 rings (SSSR count). The summed E-state index contributed by atoms with van der Waals surface area (Å²) in [7, 11) is 0. The second-order valence-corrected chi connectivity index (χ2v) is 11.3. The van der Waals surface area contributed by atoms with Crippen LogP contribution in [-0.2, 0) is 20.9 Å². The first-order valence-electron chi connectivity index (χ1n) is 10.8. The zero-order chi connectivity index (χ0) is 24.2. The van der Waals surface area contributed by atoms with Crippen LogP contribution in [0.4, 0.5) is 11.4 Å². The van der Waals surface area contributed by atoms with E-state index in [1.807, 2.05) is 53.9 Å². The maximum Gasteiger partial charge on any atom is 0.266 e.